The molecule has 2 aromatic rings. The number of nitrogens with one attached hydrogen (secondary N) is 1. The van der Waals surface area contributed by atoms with Gasteiger partial charge in [-0.05, 0) is 48.9 Å². The Bertz CT molecular complexity index is 833. The van der Waals surface area contributed by atoms with Crippen molar-refractivity contribution in [1.29, 1.82) is 0 Å². The monoisotopic (exact) mass is 371 g/mol. The zero-order chi connectivity index (χ0) is 17.2. The summed E-state index contributed by atoms with van der Waals surface area (Å²) in [6, 6.07) is 10.5. The fourth-order valence-corrected chi connectivity index (χ4v) is 3.27. The van der Waals surface area contributed by atoms with Crippen LogP contribution >= 0.6 is 23.2 Å². The van der Waals surface area contributed by atoms with Gasteiger partial charge in [-0.3, -0.25) is 4.79 Å². The average Bonchev–Trinajstić information content (AvgIpc) is 2.46. The summed E-state index contributed by atoms with van der Waals surface area (Å²) in [5, 5.41) is 3.81. The molecule has 23 heavy (non-hydrogen) atoms. The Balaban J connectivity index is 2.15. The van der Waals surface area contributed by atoms with E-state index in [1.54, 1.807) is 25.1 Å². The molecule has 7 heteroatoms. The van der Waals surface area contributed by atoms with E-state index < -0.39 is 9.84 Å². The minimum absolute atomic E-state index is 0.169. The Hall–Kier alpha value is -1.56. The van der Waals surface area contributed by atoms with Crippen LogP contribution in [0.1, 0.15) is 28.9 Å². The molecule has 0 bridgehead atoms. The van der Waals surface area contributed by atoms with E-state index >= 15 is 0 Å². The van der Waals surface area contributed by atoms with Gasteiger partial charge >= 0.3 is 0 Å². The molecule has 1 atom stereocenters. The molecule has 0 saturated heterocycles. The van der Waals surface area contributed by atoms with E-state index in [0.29, 0.717) is 15.6 Å². The van der Waals surface area contributed by atoms with Crippen LogP contribution in [0.2, 0.25) is 10.0 Å². The molecule has 0 aromatic heterocycles. The zero-order valence-corrected chi connectivity index (χ0v) is 14.8. The molecule has 0 aliphatic heterocycles. The summed E-state index contributed by atoms with van der Waals surface area (Å²) in [5.74, 6) is -0.316. The van der Waals surface area contributed by atoms with Crippen LogP contribution in [0.4, 0.5) is 0 Å². The second-order valence-corrected chi connectivity index (χ2v) is 8.02. The van der Waals surface area contributed by atoms with E-state index in [9.17, 15) is 13.2 Å². The smallest absolute Gasteiger partial charge is 0.251 e. The number of halogens is 2. The fraction of sp³-hybridized carbons (Fsp3) is 0.188. The Morgan fingerprint density at radius 3 is 2.22 bits per heavy atom. The van der Waals surface area contributed by atoms with Gasteiger partial charge in [-0.1, -0.05) is 29.3 Å². The second kappa shape index (κ2) is 6.91. The van der Waals surface area contributed by atoms with Gasteiger partial charge in [0.1, 0.15) is 0 Å². The molecule has 0 unspecified atom stereocenters. The molecule has 0 fully saturated rings. The molecule has 0 saturated carbocycles. The van der Waals surface area contributed by atoms with Crippen LogP contribution in [0.25, 0.3) is 0 Å². The Morgan fingerprint density at radius 2 is 1.70 bits per heavy atom. The summed E-state index contributed by atoms with van der Waals surface area (Å²) in [7, 11) is -3.28. The van der Waals surface area contributed by atoms with Crippen molar-refractivity contribution in [3.8, 4) is 0 Å². The summed E-state index contributed by atoms with van der Waals surface area (Å²) in [5.41, 5.74) is 1.12. The van der Waals surface area contributed by atoms with Gasteiger partial charge in [-0.2, -0.15) is 0 Å². The quantitative estimate of drug-likeness (QED) is 0.886. The van der Waals surface area contributed by atoms with Crippen LogP contribution in [0.15, 0.2) is 47.4 Å². The molecular weight excluding hydrogens is 357 g/mol. The third kappa shape index (κ3) is 4.47. The molecule has 0 aliphatic carbocycles. The maximum absolute atomic E-state index is 12.2. The van der Waals surface area contributed by atoms with Gasteiger partial charge in [0.15, 0.2) is 9.84 Å². The highest BCUT2D eigenvalue weighted by Gasteiger charge is 2.15. The van der Waals surface area contributed by atoms with Gasteiger partial charge in [0.2, 0.25) is 0 Å². The highest BCUT2D eigenvalue weighted by molar-refractivity contribution is 7.90. The molecule has 0 aliphatic rings. The van der Waals surface area contributed by atoms with Crippen molar-refractivity contribution in [3.63, 3.8) is 0 Å². The average molecular weight is 372 g/mol. The summed E-state index contributed by atoms with van der Waals surface area (Å²) in [6.07, 6.45) is 1.12. The lowest BCUT2D eigenvalue weighted by Gasteiger charge is -2.16. The predicted molar refractivity (Wildman–Crippen MR) is 91.9 cm³/mol. The van der Waals surface area contributed by atoms with E-state index in [0.717, 1.165) is 11.8 Å². The number of rotatable bonds is 4. The van der Waals surface area contributed by atoms with Crippen LogP contribution in [-0.2, 0) is 9.84 Å². The minimum Gasteiger partial charge on any atom is -0.345 e. The van der Waals surface area contributed by atoms with Crippen LogP contribution in [0.5, 0.6) is 0 Å². The molecule has 1 N–H and O–H groups in total. The molecule has 2 aromatic carbocycles. The highest BCUT2D eigenvalue weighted by atomic mass is 35.5. The van der Waals surface area contributed by atoms with Gasteiger partial charge in [0.25, 0.3) is 5.91 Å². The summed E-state index contributed by atoms with van der Waals surface area (Å²) in [6.45, 7) is 1.80. The Kier molecular flexibility index (Phi) is 5.34. The van der Waals surface area contributed by atoms with E-state index in [1.807, 2.05) is 0 Å². The number of amides is 1. The Morgan fingerprint density at radius 1 is 1.09 bits per heavy atom. The van der Waals surface area contributed by atoms with Crippen LogP contribution in [-0.4, -0.2) is 20.6 Å². The molecule has 4 nitrogen and oxygen atoms in total. The second-order valence-electron chi connectivity index (χ2n) is 5.16. The van der Waals surface area contributed by atoms with E-state index in [4.69, 9.17) is 23.2 Å². The maximum Gasteiger partial charge on any atom is 0.251 e. The van der Waals surface area contributed by atoms with E-state index in [2.05, 4.69) is 5.32 Å². The largest absolute Gasteiger partial charge is 0.345 e. The molecular formula is C16H15Cl2NO3S. The number of carbonyl (C=O) groups excluding carboxylic acids is 1. The number of hydrogen-bond donors (Lipinski definition) is 1. The third-order valence-electron chi connectivity index (χ3n) is 3.32. The summed E-state index contributed by atoms with van der Waals surface area (Å²) < 4.78 is 22.8. The van der Waals surface area contributed by atoms with Crippen LogP contribution < -0.4 is 5.32 Å². The summed E-state index contributed by atoms with van der Waals surface area (Å²) in [4.78, 5) is 12.4. The molecule has 0 spiro atoms. The summed E-state index contributed by atoms with van der Waals surface area (Å²) >= 11 is 12.0. The SMILES string of the molecule is C[C@H](NC(=O)c1ccc(S(C)(=O)=O)cc1)c1ccc(Cl)cc1Cl. The molecule has 1 amide bonds. The van der Waals surface area contributed by atoms with Crippen molar-refractivity contribution < 1.29 is 13.2 Å². The number of hydrogen-bond acceptors (Lipinski definition) is 3. The number of sulfone groups is 1. The van der Waals surface area contributed by atoms with Crippen molar-refractivity contribution in [1.82, 2.24) is 5.32 Å². The number of carbonyl (C=O) groups is 1. The van der Waals surface area contributed by atoms with Gasteiger partial charge in [-0.25, -0.2) is 8.42 Å². The molecule has 0 radical (unpaired) electrons. The fourth-order valence-electron chi connectivity index (χ4n) is 2.06. The van der Waals surface area contributed by atoms with Crippen molar-refractivity contribution >= 4 is 38.9 Å². The lowest BCUT2D eigenvalue weighted by molar-refractivity contribution is 0.0940. The normalized spacial score (nSPS) is 12.7. The van der Waals surface area contributed by atoms with Crippen molar-refractivity contribution in [3.05, 3.63) is 63.6 Å². The lowest BCUT2D eigenvalue weighted by Crippen LogP contribution is -2.26. The first kappa shape index (κ1) is 17.8. The molecule has 0 heterocycles. The van der Waals surface area contributed by atoms with Crippen LogP contribution in [0, 0.1) is 0 Å². The van der Waals surface area contributed by atoms with Gasteiger partial charge in [0.05, 0.1) is 10.9 Å². The first-order valence-corrected chi connectivity index (χ1v) is 9.39. The van der Waals surface area contributed by atoms with Crippen LogP contribution in [0.3, 0.4) is 0 Å². The predicted octanol–water partition coefficient (Wildman–Crippen LogP) is 3.89. The molecule has 122 valence electrons. The van der Waals surface area contributed by atoms with Crippen molar-refractivity contribution in [2.24, 2.45) is 0 Å². The first-order chi connectivity index (χ1) is 10.7. The molecule has 2 rings (SSSR count). The van der Waals surface area contributed by atoms with Gasteiger partial charge in [-0.15, -0.1) is 0 Å². The van der Waals surface area contributed by atoms with Crippen molar-refractivity contribution in [2.75, 3.05) is 6.26 Å². The first-order valence-electron chi connectivity index (χ1n) is 6.74. The number of benzene rings is 2. The van der Waals surface area contributed by atoms with Gasteiger partial charge in [0, 0.05) is 21.9 Å². The van der Waals surface area contributed by atoms with Crippen molar-refractivity contribution in [2.45, 2.75) is 17.9 Å². The topological polar surface area (TPSA) is 63.2 Å². The third-order valence-corrected chi connectivity index (χ3v) is 5.01. The lowest BCUT2D eigenvalue weighted by atomic mass is 10.1. The Labute approximate surface area is 145 Å². The van der Waals surface area contributed by atoms with Gasteiger partial charge < -0.3 is 5.32 Å². The zero-order valence-electron chi connectivity index (χ0n) is 12.5. The van der Waals surface area contributed by atoms with E-state index in [-0.39, 0.29) is 16.8 Å². The van der Waals surface area contributed by atoms with E-state index in [1.165, 1.54) is 24.3 Å². The highest BCUT2D eigenvalue weighted by Crippen LogP contribution is 2.26. The maximum atomic E-state index is 12.2. The minimum atomic E-state index is -3.28. The standard InChI is InChI=1S/C16H15Cl2NO3S/c1-10(14-8-5-12(17)9-15(14)18)19-16(20)11-3-6-13(7-4-11)23(2,21)22/h3-10H,1-2H3,(H,19,20)/t10-/m0/s1.